The zero-order valence-electron chi connectivity index (χ0n) is 12.1. The van der Waals surface area contributed by atoms with Crippen LogP contribution in [0.1, 0.15) is 51.4 Å². The fourth-order valence-corrected chi connectivity index (χ4v) is 2.76. The van der Waals surface area contributed by atoms with Gasteiger partial charge in [-0.1, -0.05) is 25.7 Å². The number of carbonyl (C=O) groups is 1. The molecule has 5 nitrogen and oxygen atoms in total. The van der Waals surface area contributed by atoms with Crippen LogP contribution in [0, 0.1) is 0 Å². The van der Waals surface area contributed by atoms with E-state index in [1.807, 2.05) is 10.8 Å². The molecule has 0 bridgehead atoms. The van der Waals surface area contributed by atoms with Crippen LogP contribution in [0.25, 0.3) is 0 Å². The number of imidazole rings is 1. The predicted molar refractivity (Wildman–Crippen MR) is 77.1 cm³/mol. The van der Waals surface area contributed by atoms with Crippen molar-refractivity contribution in [2.24, 2.45) is 0 Å². The Balaban J connectivity index is 1.63. The summed E-state index contributed by atoms with van der Waals surface area (Å²) in [5.41, 5.74) is -0.684. The Kier molecular flexibility index (Phi) is 5.59. The van der Waals surface area contributed by atoms with E-state index in [1.54, 1.807) is 12.5 Å². The first-order valence-corrected chi connectivity index (χ1v) is 7.63. The van der Waals surface area contributed by atoms with Gasteiger partial charge in [-0.15, -0.1) is 0 Å². The van der Waals surface area contributed by atoms with Crippen molar-refractivity contribution >= 4 is 5.91 Å². The molecule has 112 valence electrons. The van der Waals surface area contributed by atoms with Gasteiger partial charge in [0, 0.05) is 31.9 Å². The fraction of sp³-hybridized carbons (Fsp3) is 0.733. The number of rotatable bonds is 6. The molecule has 1 aliphatic carbocycles. The summed E-state index contributed by atoms with van der Waals surface area (Å²) in [6, 6.07) is 0. The second-order valence-corrected chi connectivity index (χ2v) is 5.82. The van der Waals surface area contributed by atoms with Crippen LogP contribution >= 0.6 is 0 Å². The molecule has 1 heterocycles. The highest BCUT2D eigenvalue weighted by Crippen LogP contribution is 2.26. The van der Waals surface area contributed by atoms with Crippen LogP contribution in [-0.4, -0.2) is 32.7 Å². The molecule has 2 rings (SSSR count). The summed E-state index contributed by atoms with van der Waals surface area (Å²) in [5.74, 6) is 0.0304. The monoisotopic (exact) mass is 279 g/mol. The zero-order valence-corrected chi connectivity index (χ0v) is 12.1. The van der Waals surface area contributed by atoms with Crippen molar-refractivity contribution in [2.45, 2.75) is 63.5 Å². The lowest BCUT2D eigenvalue weighted by molar-refractivity contribution is -0.122. The lowest BCUT2D eigenvalue weighted by atomic mass is 9.94. The van der Waals surface area contributed by atoms with E-state index in [0.717, 1.165) is 38.6 Å². The van der Waals surface area contributed by atoms with Crippen molar-refractivity contribution in [3.63, 3.8) is 0 Å². The highest BCUT2D eigenvalue weighted by Gasteiger charge is 2.28. The number of hydrogen-bond acceptors (Lipinski definition) is 3. The van der Waals surface area contributed by atoms with E-state index in [-0.39, 0.29) is 5.91 Å². The number of aryl methyl sites for hydroxylation is 1. The van der Waals surface area contributed by atoms with Crippen molar-refractivity contribution in [2.75, 3.05) is 6.54 Å². The molecule has 2 N–H and O–H groups in total. The Morgan fingerprint density at radius 3 is 2.70 bits per heavy atom. The van der Waals surface area contributed by atoms with Gasteiger partial charge in [0.25, 0.3) is 0 Å². The number of nitrogens with zero attached hydrogens (tertiary/aromatic N) is 2. The van der Waals surface area contributed by atoms with Crippen LogP contribution in [0.5, 0.6) is 0 Å². The first-order chi connectivity index (χ1) is 9.68. The molecule has 1 aromatic heterocycles. The Bertz CT molecular complexity index is 395. The van der Waals surface area contributed by atoms with Crippen LogP contribution in [0.2, 0.25) is 0 Å². The highest BCUT2D eigenvalue weighted by molar-refractivity contribution is 5.75. The third-order valence-electron chi connectivity index (χ3n) is 4.03. The minimum atomic E-state index is -0.684. The molecule has 0 atom stereocenters. The summed E-state index contributed by atoms with van der Waals surface area (Å²) in [5, 5.41) is 13.3. The van der Waals surface area contributed by atoms with Gasteiger partial charge in [0.05, 0.1) is 11.9 Å². The molecule has 0 saturated heterocycles. The highest BCUT2D eigenvalue weighted by atomic mass is 16.3. The van der Waals surface area contributed by atoms with E-state index in [1.165, 1.54) is 12.8 Å². The molecule has 1 fully saturated rings. The number of aliphatic hydroxyl groups is 1. The third-order valence-corrected chi connectivity index (χ3v) is 4.03. The molecule has 1 aliphatic rings. The normalized spacial score (nSPS) is 18.4. The molecule has 0 aliphatic heterocycles. The second kappa shape index (κ2) is 7.43. The Labute approximate surface area is 120 Å². The van der Waals surface area contributed by atoms with Crippen LogP contribution < -0.4 is 5.32 Å². The van der Waals surface area contributed by atoms with E-state index < -0.39 is 5.60 Å². The summed E-state index contributed by atoms with van der Waals surface area (Å²) in [6.07, 6.45) is 12.8. The molecular weight excluding hydrogens is 254 g/mol. The van der Waals surface area contributed by atoms with Crippen molar-refractivity contribution in [1.29, 1.82) is 0 Å². The molecule has 0 unspecified atom stereocenters. The average molecular weight is 279 g/mol. The van der Waals surface area contributed by atoms with Crippen LogP contribution in [0.3, 0.4) is 0 Å². The molecule has 0 radical (unpaired) electrons. The van der Waals surface area contributed by atoms with Crippen molar-refractivity contribution < 1.29 is 9.90 Å². The number of aromatic nitrogens is 2. The topological polar surface area (TPSA) is 67.2 Å². The van der Waals surface area contributed by atoms with Gasteiger partial charge in [-0.25, -0.2) is 4.98 Å². The SMILES string of the molecule is O=C(CCCn1ccnc1)NCC1(O)CCCCCC1. The number of amides is 1. The smallest absolute Gasteiger partial charge is 0.220 e. The number of nitrogens with one attached hydrogen (secondary N) is 1. The summed E-state index contributed by atoms with van der Waals surface area (Å²) < 4.78 is 1.96. The van der Waals surface area contributed by atoms with Gasteiger partial charge in [0.1, 0.15) is 0 Å². The molecule has 1 saturated carbocycles. The minimum absolute atomic E-state index is 0.0304. The largest absolute Gasteiger partial charge is 0.388 e. The van der Waals surface area contributed by atoms with Crippen molar-refractivity contribution in [3.8, 4) is 0 Å². The van der Waals surface area contributed by atoms with Gasteiger partial charge in [-0.3, -0.25) is 4.79 Å². The van der Waals surface area contributed by atoms with Crippen LogP contribution in [0.15, 0.2) is 18.7 Å². The lowest BCUT2D eigenvalue weighted by Gasteiger charge is -2.26. The summed E-state index contributed by atoms with van der Waals surface area (Å²) in [7, 11) is 0. The van der Waals surface area contributed by atoms with E-state index in [0.29, 0.717) is 13.0 Å². The second-order valence-electron chi connectivity index (χ2n) is 5.82. The van der Waals surface area contributed by atoms with Crippen molar-refractivity contribution in [3.05, 3.63) is 18.7 Å². The summed E-state index contributed by atoms with van der Waals surface area (Å²) >= 11 is 0. The van der Waals surface area contributed by atoms with Gasteiger partial charge in [-0.05, 0) is 19.3 Å². The van der Waals surface area contributed by atoms with Gasteiger partial charge < -0.3 is 15.0 Å². The fourth-order valence-electron chi connectivity index (χ4n) is 2.76. The summed E-state index contributed by atoms with van der Waals surface area (Å²) in [6.45, 7) is 1.20. The maximum absolute atomic E-state index is 11.8. The van der Waals surface area contributed by atoms with Gasteiger partial charge >= 0.3 is 0 Å². The summed E-state index contributed by atoms with van der Waals surface area (Å²) in [4.78, 5) is 15.8. The molecule has 5 heteroatoms. The maximum atomic E-state index is 11.8. The third kappa shape index (κ3) is 4.96. The van der Waals surface area contributed by atoms with Crippen LogP contribution in [0.4, 0.5) is 0 Å². The molecule has 1 aromatic rings. The minimum Gasteiger partial charge on any atom is -0.388 e. The molecule has 0 spiro atoms. The lowest BCUT2D eigenvalue weighted by Crippen LogP contribution is -2.42. The number of carbonyl (C=O) groups excluding carboxylic acids is 1. The average Bonchev–Trinajstić information content (AvgIpc) is 2.85. The maximum Gasteiger partial charge on any atom is 0.220 e. The molecule has 0 aromatic carbocycles. The first kappa shape index (κ1) is 15.0. The van der Waals surface area contributed by atoms with Gasteiger partial charge in [0.15, 0.2) is 0 Å². The Morgan fingerprint density at radius 1 is 1.30 bits per heavy atom. The van der Waals surface area contributed by atoms with E-state index >= 15 is 0 Å². The van der Waals surface area contributed by atoms with E-state index in [2.05, 4.69) is 10.3 Å². The first-order valence-electron chi connectivity index (χ1n) is 7.63. The van der Waals surface area contributed by atoms with E-state index in [9.17, 15) is 9.90 Å². The molecule has 1 amide bonds. The Hall–Kier alpha value is -1.36. The van der Waals surface area contributed by atoms with Gasteiger partial charge in [0.2, 0.25) is 5.91 Å². The number of hydrogen-bond donors (Lipinski definition) is 2. The van der Waals surface area contributed by atoms with Crippen molar-refractivity contribution in [1.82, 2.24) is 14.9 Å². The predicted octanol–water partition coefficient (Wildman–Crippen LogP) is 1.86. The van der Waals surface area contributed by atoms with Gasteiger partial charge in [-0.2, -0.15) is 0 Å². The molecular formula is C15H25N3O2. The standard InChI is InChI=1S/C15H25N3O2/c19-14(6-5-10-18-11-9-16-13-18)17-12-15(20)7-3-1-2-4-8-15/h9,11,13,20H,1-8,10,12H2,(H,17,19). The molecule has 20 heavy (non-hydrogen) atoms. The van der Waals surface area contributed by atoms with Crippen LogP contribution in [-0.2, 0) is 11.3 Å². The zero-order chi connectivity index (χ0) is 14.3. The quantitative estimate of drug-likeness (QED) is 0.781. The Morgan fingerprint density at radius 2 is 2.05 bits per heavy atom. The van der Waals surface area contributed by atoms with E-state index in [4.69, 9.17) is 0 Å².